The van der Waals surface area contributed by atoms with Gasteiger partial charge in [0.05, 0.1) is 0 Å². The van der Waals surface area contributed by atoms with Gasteiger partial charge in [0.15, 0.2) is 5.78 Å². The molecule has 0 radical (unpaired) electrons. The molecule has 0 saturated heterocycles. The minimum Gasteiger partial charge on any atom is -0.289 e. The number of rotatable bonds is 1. The molecule has 0 saturated carbocycles. The predicted molar refractivity (Wildman–Crippen MR) is 68.9 cm³/mol. The van der Waals surface area contributed by atoms with E-state index in [1.807, 2.05) is 24.3 Å². The summed E-state index contributed by atoms with van der Waals surface area (Å²) in [6.07, 6.45) is 2.40. The smallest absolute Gasteiger partial charge is 0.189 e. The molecule has 0 unspecified atom stereocenters. The molecular weight excluding hydrogens is 227 g/mol. The number of hydrogen-bond acceptors (Lipinski definition) is 1. The first-order valence-electron chi connectivity index (χ1n) is 5.83. The van der Waals surface area contributed by atoms with Crippen LogP contribution in [-0.2, 0) is 6.42 Å². The molecule has 0 aromatic heterocycles. The molecule has 0 atom stereocenters. The van der Waals surface area contributed by atoms with E-state index in [0.717, 1.165) is 22.3 Å². The molecule has 0 aliphatic heterocycles. The van der Waals surface area contributed by atoms with Crippen LogP contribution in [0.25, 0.3) is 6.08 Å². The Morgan fingerprint density at radius 2 is 1.89 bits per heavy atom. The topological polar surface area (TPSA) is 17.1 Å². The third-order valence-corrected chi connectivity index (χ3v) is 3.12. The van der Waals surface area contributed by atoms with Crippen LogP contribution in [0.5, 0.6) is 0 Å². The highest BCUT2D eigenvalue weighted by atomic mass is 19.1. The summed E-state index contributed by atoms with van der Waals surface area (Å²) >= 11 is 0. The van der Waals surface area contributed by atoms with E-state index in [1.165, 1.54) is 12.1 Å². The van der Waals surface area contributed by atoms with Crippen molar-refractivity contribution in [3.05, 3.63) is 76.6 Å². The Balaban J connectivity index is 1.99. The number of carbonyl (C=O) groups is 1. The lowest BCUT2D eigenvalue weighted by molar-refractivity contribution is 0.104. The number of ketones is 1. The van der Waals surface area contributed by atoms with E-state index in [4.69, 9.17) is 0 Å². The molecule has 0 amide bonds. The molecule has 0 heterocycles. The van der Waals surface area contributed by atoms with Crippen LogP contribution in [0, 0.1) is 5.82 Å². The average Bonchev–Trinajstić information content (AvgIpc) is 2.67. The second kappa shape index (κ2) is 4.22. The molecule has 1 aliphatic rings. The first-order chi connectivity index (χ1) is 8.74. The van der Waals surface area contributed by atoms with E-state index in [-0.39, 0.29) is 11.6 Å². The summed E-state index contributed by atoms with van der Waals surface area (Å²) in [5.74, 6) is -0.234. The van der Waals surface area contributed by atoms with E-state index in [1.54, 1.807) is 18.2 Å². The van der Waals surface area contributed by atoms with Crippen LogP contribution in [0.3, 0.4) is 0 Å². The second-order valence-electron chi connectivity index (χ2n) is 4.39. The highest BCUT2D eigenvalue weighted by Gasteiger charge is 2.23. The van der Waals surface area contributed by atoms with Gasteiger partial charge in [-0.05, 0) is 29.3 Å². The molecule has 1 aliphatic carbocycles. The molecule has 0 bridgehead atoms. The lowest BCUT2D eigenvalue weighted by atomic mass is 10.1. The molecule has 18 heavy (non-hydrogen) atoms. The zero-order valence-corrected chi connectivity index (χ0v) is 9.69. The maximum atomic E-state index is 13.1. The molecule has 2 aromatic rings. The van der Waals surface area contributed by atoms with E-state index in [2.05, 4.69) is 0 Å². The maximum absolute atomic E-state index is 13.1. The van der Waals surface area contributed by atoms with Gasteiger partial charge in [0.1, 0.15) is 5.82 Å². The van der Waals surface area contributed by atoms with Crippen LogP contribution in [0.1, 0.15) is 21.5 Å². The van der Waals surface area contributed by atoms with Crippen LogP contribution >= 0.6 is 0 Å². The highest BCUT2D eigenvalue weighted by Crippen LogP contribution is 2.27. The number of benzene rings is 2. The van der Waals surface area contributed by atoms with Crippen LogP contribution < -0.4 is 0 Å². The molecular formula is C16H11FO. The van der Waals surface area contributed by atoms with Gasteiger partial charge in [0, 0.05) is 17.6 Å². The zero-order chi connectivity index (χ0) is 12.5. The van der Waals surface area contributed by atoms with Crippen molar-refractivity contribution >= 4 is 11.9 Å². The Morgan fingerprint density at radius 1 is 1.06 bits per heavy atom. The van der Waals surface area contributed by atoms with Gasteiger partial charge in [-0.3, -0.25) is 4.79 Å². The molecule has 88 valence electrons. The largest absolute Gasteiger partial charge is 0.289 e. The average molecular weight is 238 g/mol. The number of halogens is 1. The molecule has 0 N–H and O–H groups in total. The van der Waals surface area contributed by atoms with Gasteiger partial charge < -0.3 is 0 Å². The van der Waals surface area contributed by atoms with Crippen molar-refractivity contribution in [3.63, 3.8) is 0 Å². The van der Waals surface area contributed by atoms with Gasteiger partial charge in [-0.25, -0.2) is 4.39 Å². The predicted octanol–water partition coefficient (Wildman–Crippen LogP) is 3.65. The van der Waals surface area contributed by atoms with Crippen molar-refractivity contribution in [3.8, 4) is 0 Å². The third kappa shape index (κ3) is 1.86. The molecule has 2 heteroatoms. The van der Waals surface area contributed by atoms with E-state index < -0.39 is 0 Å². The third-order valence-electron chi connectivity index (χ3n) is 3.12. The fraction of sp³-hybridized carbons (Fsp3) is 0.0625. The monoisotopic (exact) mass is 238 g/mol. The Kier molecular flexibility index (Phi) is 2.56. The summed E-state index contributed by atoms with van der Waals surface area (Å²) in [6.45, 7) is 0. The summed E-state index contributed by atoms with van der Waals surface area (Å²) in [6, 6.07) is 13.9. The van der Waals surface area contributed by atoms with Gasteiger partial charge in [-0.2, -0.15) is 0 Å². The number of allylic oxidation sites excluding steroid dienone is 1. The molecule has 0 fully saturated rings. The van der Waals surface area contributed by atoms with Crippen molar-refractivity contribution in [1.29, 1.82) is 0 Å². The number of fused-ring (bicyclic) bond motifs is 1. The number of hydrogen-bond donors (Lipinski definition) is 0. The molecule has 1 nitrogen and oxygen atoms in total. The summed E-state index contributed by atoms with van der Waals surface area (Å²) in [7, 11) is 0. The lowest BCUT2D eigenvalue weighted by Gasteiger charge is -1.97. The Bertz CT molecular complexity index is 656. The first-order valence-corrected chi connectivity index (χ1v) is 5.83. The molecule has 2 aromatic carbocycles. The minimum atomic E-state index is -0.285. The quantitative estimate of drug-likeness (QED) is 0.693. The normalized spacial score (nSPS) is 16.1. The van der Waals surface area contributed by atoms with Gasteiger partial charge in [-0.15, -0.1) is 0 Å². The second-order valence-corrected chi connectivity index (χ2v) is 4.39. The number of Topliss-reactive ketones (excluding diaryl/α,β-unsaturated/α-hetero) is 1. The van der Waals surface area contributed by atoms with Gasteiger partial charge in [0.25, 0.3) is 0 Å². The molecule has 0 spiro atoms. The van der Waals surface area contributed by atoms with E-state index >= 15 is 0 Å². The van der Waals surface area contributed by atoms with Crippen LogP contribution in [0.15, 0.2) is 54.1 Å². The minimum absolute atomic E-state index is 0.0508. The Hall–Kier alpha value is -2.22. The molecule has 3 rings (SSSR count). The van der Waals surface area contributed by atoms with Crippen LogP contribution in [-0.4, -0.2) is 5.78 Å². The lowest BCUT2D eigenvalue weighted by Crippen LogP contribution is -1.94. The van der Waals surface area contributed by atoms with Gasteiger partial charge in [0.2, 0.25) is 0 Å². The Morgan fingerprint density at radius 3 is 2.67 bits per heavy atom. The fourth-order valence-corrected chi connectivity index (χ4v) is 2.27. The van der Waals surface area contributed by atoms with Gasteiger partial charge in [-0.1, -0.05) is 36.4 Å². The van der Waals surface area contributed by atoms with Crippen LogP contribution in [0.4, 0.5) is 4.39 Å². The summed E-state index contributed by atoms with van der Waals surface area (Å²) in [4.78, 5) is 12.1. The van der Waals surface area contributed by atoms with E-state index in [9.17, 15) is 9.18 Å². The number of carbonyl (C=O) groups excluding carboxylic acids is 1. The van der Waals surface area contributed by atoms with Crippen molar-refractivity contribution in [2.24, 2.45) is 0 Å². The maximum Gasteiger partial charge on any atom is 0.189 e. The summed E-state index contributed by atoms with van der Waals surface area (Å²) in [5.41, 5.74) is 3.26. The standard InChI is InChI=1S/C16H11FO/c17-14-6-3-4-11(9-14)8-13-10-12-5-1-2-7-15(12)16(13)18/h1-9H,10H2/b13-8-. The SMILES string of the molecule is O=C1/C(=C\c2cccc(F)c2)Cc2ccccc21. The summed E-state index contributed by atoms with van der Waals surface area (Å²) < 4.78 is 13.1. The van der Waals surface area contributed by atoms with Crippen molar-refractivity contribution in [1.82, 2.24) is 0 Å². The summed E-state index contributed by atoms with van der Waals surface area (Å²) in [5, 5.41) is 0. The first kappa shape index (κ1) is 10.9. The zero-order valence-electron chi connectivity index (χ0n) is 9.69. The van der Waals surface area contributed by atoms with Crippen molar-refractivity contribution in [2.75, 3.05) is 0 Å². The van der Waals surface area contributed by atoms with Crippen LogP contribution in [0.2, 0.25) is 0 Å². The van der Waals surface area contributed by atoms with Crippen molar-refractivity contribution in [2.45, 2.75) is 6.42 Å². The fourth-order valence-electron chi connectivity index (χ4n) is 2.27. The highest BCUT2D eigenvalue weighted by molar-refractivity contribution is 6.15. The Labute approximate surface area is 105 Å². The van der Waals surface area contributed by atoms with Crippen molar-refractivity contribution < 1.29 is 9.18 Å². The van der Waals surface area contributed by atoms with E-state index in [0.29, 0.717) is 6.42 Å². The van der Waals surface area contributed by atoms with Gasteiger partial charge >= 0.3 is 0 Å².